The van der Waals surface area contributed by atoms with Crippen LogP contribution in [0.2, 0.25) is 0 Å². The molecule has 3 atom stereocenters. The number of furan rings is 1. The van der Waals surface area contributed by atoms with E-state index in [4.69, 9.17) is 10.2 Å². The largest absolute Gasteiger partial charge is 0.465 e. The van der Waals surface area contributed by atoms with Crippen molar-refractivity contribution in [3.8, 4) is 0 Å². The van der Waals surface area contributed by atoms with Gasteiger partial charge in [-0.05, 0) is 64.3 Å². The third-order valence-corrected chi connectivity index (χ3v) is 4.40. The Morgan fingerprint density at radius 1 is 1.37 bits per heavy atom. The molecule has 1 aliphatic heterocycles. The maximum Gasteiger partial charge on any atom is 0.122 e. The summed E-state index contributed by atoms with van der Waals surface area (Å²) < 4.78 is 5.83. The molecule has 0 saturated carbocycles. The van der Waals surface area contributed by atoms with E-state index in [9.17, 15) is 0 Å². The number of hydrogen-bond acceptors (Lipinski definition) is 3. The molecule has 1 fully saturated rings. The molecule has 0 bridgehead atoms. The Labute approximate surface area is 117 Å². The van der Waals surface area contributed by atoms with Crippen molar-refractivity contribution in [2.75, 3.05) is 13.1 Å². The number of rotatable bonds is 4. The van der Waals surface area contributed by atoms with Gasteiger partial charge in [-0.15, -0.1) is 0 Å². The molecule has 1 aliphatic rings. The van der Waals surface area contributed by atoms with Crippen molar-refractivity contribution in [1.82, 2.24) is 4.90 Å². The fourth-order valence-corrected chi connectivity index (χ4v) is 3.26. The second kappa shape index (κ2) is 6.58. The van der Waals surface area contributed by atoms with Crippen LogP contribution in [0.3, 0.4) is 0 Å². The standard InChI is InChI=1S/C16H28N2O/c1-4-14-6-5-10-18(11-9-14)16(13(3)17)15-8-7-12(2)19-15/h7-8,13-14,16H,4-6,9-11,17H2,1-3H3. The molecule has 19 heavy (non-hydrogen) atoms. The summed E-state index contributed by atoms with van der Waals surface area (Å²) in [5, 5.41) is 0. The van der Waals surface area contributed by atoms with E-state index in [1.165, 1.54) is 25.7 Å². The summed E-state index contributed by atoms with van der Waals surface area (Å²) in [4.78, 5) is 2.53. The van der Waals surface area contributed by atoms with Gasteiger partial charge in [-0.2, -0.15) is 0 Å². The first-order chi connectivity index (χ1) is 9.11. The smallest absolute Gasteiger partial charge is 0.122 e. The summed E-state index contributed by atoms with van der Waals surface area (Å²) in [5.74, 6) is 2.89. The van der Waals surface area contributed by atoms with E-state index in [1.807, 2.05) is 13.0 Å². The zero-order valence-electron chi connectivity index (χ0n) is 12.6. The highest BCUT2D eigenvalue weighted by molar-refractivity contribution is 5.12. The predicted octanol–water partition coefficient (Wildman–Crippen LogP) is 3.49. The Morgan fingerprint density at radius 3 is 2.74 bits per heavy atom. The van der Waals surface area contributed by atoms with Crippen molar-refractivity contribution < 1.29 is 4.42 Å². The molecule has 0 spiro atoms. The second-order valence-corrected chi connectivity index (χ2v) is 5.99. The molecule has 0 aromatic carbocycles. The van der Waals surface area contributed by atoms with Gasteiger partial charge in [-0.1, -0.05) is 13.3 Å². The van der Waals surface area contributed by atoms with Gasteiger partial charge in [-0.25, -0.2) is 0 Å². The van der Waals surface area contributed by atoms with E-state index in [2.05, 4.69) is 24.8 Å². The number of nitrogens with zero attached hydrogens (tertiary/aromatic N) is 1. The van der Waals surface area contributed by atoms with Gasteiger partial charge in [0.2, 0.25) is 0 Å². The van der Waals surface area contributed by atoms with E-state index in [0.717, 1.165) is 30.5 Å². The number of hydrogen-bond donors (Lipinski definition) is 1. The molecule has 3 nitrogen and oxygen atoms in total. The lowest BCUT2D eigenvalue weighted by Gasteiger charge is -2.32. The van der Waals surface area contributed by atoms with Crippen LogP contribution in [0.25, 0.3) is 0 Å². The van der Waals surface area contributed by atoms with E-state index in [1.54, 1.807) is 0 Å². The average molecular weight is 264 g/mol. The molecule has 2 rings (SSSR count). The maximum atomic E-state index is 6.23. The van der Waals surface area contributed by atoms with Crippen molar-refractivity contribution in [3.63, 3.8) is 0 Å². The third kappa shape index (κ3) is 3.61. The van der Waals surface area contributed by atoms with Crippen LogP contribution < -0.4 is 5.73 Å². The Balaban J connectivity index is 2.11. The summed E-state index contributed by atoms with van der Waals surface area (Å²) in [6.45, 7) is 8.67. The van der Waals surface area contributed by atoms with Gasteiger partial charge in [0.1, 0.15) is 11.5 Å². The number of nitrogens with two attached hydrogens (primary N) is 1. The van der Waals surface area contributed by atoms with E-state index in [0.29, 0.717) is 0 Å². The fourth-order valence-electron chi connectivity index (χ4n) is 3.26. The van der Waals surface area contributed by atoms with Crippen molar-refractivity contribution in [3.05, 3.63) is 23.7 Å². The highest BCUT2D eigenvalue weighted by Gasteiger charge is 2.28. The molecule has 1 aromatic rings. The molecule has 108 valence electrons. The van der Waals surface area contributed by atoms with Crippen molar-refractivity contribution in [1.29, 1.82) is 0 Å². The van der Waals surface area contributed by atoms with Crippen molar-refractivity contribution >= 4 is 0 Å². The minimum absolute atomic E-state index is 0.101. The molecule has 0 amide bonds. The molecule has 1 saturated heterocycles. The third-order valence-electron chi connectivity index (χ3n) is 4.40. The minimum atomic E-state index is 0.101. The quantitative estimate of drug-likeness (QED) is 0.905. The lowest BCUT2D eigenvalue weighted by Crippen LogP contribution is -2.40. The molecular formula is C16H28N2O. The summed E-state index contributed by atoms with van der Waals surface area (Å²) in [5.41, 5.74) is 6.23. The number of aryl methyl sites for hydroxylation is 1. The molecule has 3 heteroatoms. The van der Waals surface area contributed by atoms with Crippen LogP contribution in [0.15, 0.2) is 16.5 Å². The molecule has 2 N–H and O–H groups in total. The topological polar surface area (TPSA) is 42.4 Å². The molecule has 3 unspecified atom stereocenters. The second-order valence-electron chi connectivity index (χ2n) is 5.99. The Hall–Kier alpha value is -0.800. The van der Waals surface area contributed by atoms with Gasteiger partial charge in [0.15, 0.2) is 0 Å². The van der Waals surface area contributed by atoms with Gasteiger partial charge in [0.25, 0.3) is 0 Å². The molecule has 0 aliphatic carbocycles. The zero-order chi connectivity index (χ0) is 13.8. The molecule has 1 aromatic heterocycles. The normalized spacial score (nSPS) is 24.9. The average Bonchev–Trinajstić information content (AvgIpc) is 2.65. The Morgan fingerprint density at radius 2 is 2.16 bits per heavy atom. The van der Waals surface area contributed by atoms with Crippen LogP contribution >= 0.6 is 0 Å². The van der Waals surface area contributed by atoms with Crippen LogP contribution in [-0.4, -0.2) is 24.0 Å². The first-order valence-electron chi connectivity index (χ1n) is 7.67. The van der Waals surface area contributed by atoms with Crippen LogP contribution in [0.5, 0.6) is 0 Å². The van der Waals surface area contributed by atoms with Crippen LogP contribution in [-0.2, 0) is 0 Å². The van der Waals surface area contributed by atoms with Crippen LogP contribution in [0.4, 0.5) is 0 Å². The molecular weight excluding hydrogens is 236 g/mol. The predicted molar refractivity (Wildman–Crippen MR) is 79.0 cm³/mol. The SMILES string of the molecule is CCC1CCCN(C(c2ccc(C)o2)C(C)N)CC1. The van der Waals surface area contributed by atoms with Crippen molar-refractivity contribution in [2.45, 2.75) is 58.5 Å². The monoisotopic (exact) mass is 264 g/mol. The van der Waals surface area contributed by atoms with Gasteiger partial charge in [0, 0.05) is 6.04 Å². The minimum Gasteiger partial charge on any atom is -0.465 e. The molecule has 2 heterocycles. The van der Waals surface area contributed by atoms with Crippen molar-refractivity contribution in [2.24, 2.45) is 11.7 Å². The number of likely N-dealkylation sites (tertiary alicyclic amines) is 1. The summed E-state index contributed by atoms with van der Waals surface area (Å²) >= 11 is 0. The van der Waals surface area contributed by atoms with Crippen LogP contribution in [0, 0.1) is 12.8 Å². The highest BCUT2D eigenvalue weighted by Crippen LogP contribution is 2.30. The van der Waals surface area contributed by atoms with Crippen LogP contribution in [0.1, 0.15) is 57.1 Å². The summed E-state index contributed by atoms with van der Waals surface area (Å²) in [6, 6.07) is 4.45. The van der Waals surface area contributed by atoms with E-state index in [-0.39, 0.29) is 12.1 Å². The fraction of sp³-hybridized carbons (Fsp3) is 0.750. The lowest BCUT2D eigenvalue weighted by atomic mass is 9.98. The Kier molecular flexibility index (Phi) is 5.06. The van der Waals surface area contributed by atoms with E-state index < -0.39 is 0 Å². The summed E-state index contributed by atoms with van der Waals surface area (Å²) in [6.07, 6.45) is 5.23. The lowest BCUT2D eigenvalue weighted by molar-refractivity contribution is 0.157. The summed E-state index contributed by atoms with van der Waals surface area (Å²) in [7, 11) is 0. The first-order valence-corrected chi connectivity index (χ1v) is 7.67. The van der Waals surface area contributed by atoms with Gasteiger partial charge >= 0.3 is 0 Å². The van der Waals surface area contributed by atoms with E-state index >= 15 is 0 Å². The Bertz CT molecular complexity index is 386. The maximum absolute atomic E-state index is 6.23. The molecule has 0 radical (unpaired) electrons. The van der Waals surface area contributed by atoms with Gasteiger partial charge in [-0.3, -0.25) is 4.90 Å². The van der Waals surface area contributed by atoms with Gasteiger partial charge < -0.3 is 10.2 Å². The highest BCUT2D eigenvalue weighted by atomic mass is 16.3. The zero-order valence-corrected chi connectivity index (χ0v) is 12.6. The van der Waals surface area contributed by atoms with Gasteiger partial charge in [0.05, 0.1) is 6.04 Å². The first kappa shape index (κ1) is 14.6.